The van der Waals surface area contributed by atoms with Gasteiger partial charge in [-0.2, -0.15) is 8.75 Å². The van der Waals surface area contributed by atoms with Crippen molar-refractivity contribution in [3.63, 3.8) is 0 Å². The molecule has 3 heteroatoms. The van der Waals surface area contributed by atoms with E-state index in [1.165, 1.54) is 131 Å². The van der Waals surface area contributed by atoms with Crippen LogP contribution >= 0.6 is 11.7 Å². The molecule has 2 atom stereocenters. The molecule has 0 amide bonds. The normalized spacial score (nSPS) is 12.8. The molecule has 0 spiro atoms. The molecule has 6 aromatic carbocycles. The lowest BCUT2D eigenvalue weighted by Gasteiger charge is -2.15. The first-order valence-corrected chi connectivity index (χ1v) is 20.9. The summed E-state index contributed by atoms with van der Waals surface area (Å²) in [5.74, 6) is 1.55. The number of fused-ring (bicyclic) bond motifs is 2. The van der Waals surface area contributed by atoms with Gasteiger partial charge in [0, 0.05) is 11.1 Å². The van der Waals surface area contributed by atoms with Crippen LogP contribution in [0.5, 0.6) is 0 Å². The lowest BCUT2D eigenvalue weighted by molar-refractivity contribution is 0.449. The van der Waals surface area contributed by atoms with Crippen LogP contribution in [0, 0.1) is 11.8 Å². The van der Waals surface area contributed by atoms with Gasteiger partial charge >= 0.3 is 0 Å². The van der Waals surface area contributed by atoms with Gasteiger partial charge in [-0.1, -0.05) is 200 Å². The number of nitrogens with zero attached hydrogens (tertiary/aromatic N) is 2. The van der Waals surface area contributed by atoms with E-state index in [2.05, 4.69) is 149 Å². The Bertz CT molecular complexity index is 2050. The highest BCUT2D eigenvalue weighted by atomic mass is 32.1. The maximum absolute atomic E-state index is 4.92. The molecule has 0 aliphatic rings. The minimum absolute atomic E-state index is 0.777. The molecule has 270 valence electrons. The van der Waals surface area contributed by atoms with Crippen molar-refractivity contribution in [1.29, 1.82) is 0 Å². The van der Waals surface area contributed by atoms with E-state index in [1.807, 2.05) is 0 Å². The van der Waals surface area contributed by atoms with Crippen molar-refractivity contribution in [2.24, 2.45) is 11.8 Å². The van der Waals surface area contributed by atoms with E-state index >= 15 is 0 Å². The zero-order valence-corrected chi connectivity index (χ0v) is 32.9. The Labute approximate surface area is 321 Å². The smallest absolute Gasteiger partial charge is 0.113 e. The summed E-state index contributed by atoms with van der Waals surface area (Å²) in [6, 6.07) is 45.3. The Hall–Kier alpha value is -4.60. The highest BCUT2D eigenvalue weighted by Crippen LogP contribution is 2.43. The van der Waals surface area contributed by atoms with Gasteiger partial charge in [0.1, 0.15) is 11.0 Å². The minimum Gasteiger partial charge on any atom is -0.172 e. The van der Waals surface area contributed by atoms with Gasteiger partial charge in [-0.15, -0.1) is 0 Å². The summed E-state index contributed by atoms with van der Waals surface area (Å²) in [4.78, 5) is 0. The number of benzene rings is 6. The van der Waals surface area contributed by atoms with E-state index in [0.717, 1.165) is 34.0 Å². The van der Waals surface area contributed by atoms with Crippen molar-refractivity contribution in [2.75, 3.05) is 0 Å². The second-order valence-electron chi connectivity index (χ2n) is 15.0. The summed E-state index contributed by atoms with van der Waals surface area (Å²) in [5, 5.41) is 2.41. The predicted molar refractivity (Wildman–Crippen MR) is 231 cm³/mol. The predicted octanol–water partition coefficient (Wildman–Crippen LogP) is 15.0. The van der Waals surface area contributed by atoms with E-state index in [9.17, 15) is 0 Å². The number of rotatable bonds is 16. The zero-order chi connectivity index (χ0) is 36.6. The first-order valence-electron chi connectivity index (χ1n) is 20.2. The van der Waals surface area contributed by atoms with Gasteiger partial charge in [0.15, 0.2) is 0 Å². The van der Waals surface area contributed by atoms with E-state index in [4.69, 9.17) is 8.75 Å². The summed E-state index contributed by atoms with van der Waals surface area (Å²) in [5.41, 5.74) is 14.5. The lowest BCUT2D eigenvalue weighted by Crippen LogP contribution is -2.03. The van der Waals surface area contributed by atoms with Crippen molar-refractivity contribution in [1.82, 2.24) is 8.75 Å². The van der Waals surface area contributed by atoms with Crippen LogP contribution in [0.4, 0.5) is 0 Å². The Morgan fingerprint density at radius 1 is 0.434 bits per heavy atom. The Balaban J connectivity index is 1.15. The molecule has 1 aromatic heterocycles. The molecule has 0 fully saturated rings. The van der Waals surface area contributed by atoms with Crippen molar-refractivity contribution in [3.05, 3.63) is 132 Å². The van der Waals surface area contributed by atoms with Gasteiger partial charge in [-0.25, -0.2) is 0 Å². The van der Waals surface area contributed by atoms with E-state index < -0.39 is 0 Å². The second kappa shape index (κ2) is 17.5. The van der Waals surface area contributed by atoms with Crippen LogP contribution in [0.25, 0.3) is 66.3 Å². The third kappa shape index (κ3) is 8.31. The molecule has 0 bridgehead atoms. The number of aromatic nitrogens is 2. The first-order chi connectivity index (χ1) is 26.1. The SMILES string of the molecule is CCCCC(CC)Cc1ccc(-c2ccc(-c3c4ccccc4c(-c4ccc(-c5ccc(CC(CC)CCCC)cc5)cc4)c4nsnc34)cc2)cc1. The average Bonchev–Trinajstić information content (AvgIpc) is 3.70. The first kappa shape index (κ1) is 36.7. The average molecular weight is 715 g/mol. The molecule has 7 aromatic rings. The fourth-order valence-electron chi connectivity index (χ4n) is 8.15. The van der Waals surface area contributed by atoms with Crippen LogP contribution in [-0.4, -0.2) is 8.75 Å². The van der Waals surface area contributed by atoms with Crippen LogP contribution in [0.1, 0.15) is 90.2 Å². The fourth-order valence-corrected chi connectivity index (χ4v) is 8.71. The van der Waals surface area contributed by atoms with Crippen molar-refractivity contribution in [3.8, 4) is 44.5 Å². The quantitative estimate of drug-likeness (QED) is 0.0996. The summed E-state index contributed by atoms with van der Waals surface area (Å²) in [7, 11) is 0. The van der Waals surface area contributed by atoms with E-state index in [0.29, 0.717) is 0 Å². The summed E-state index contributed by atoms with van der Waals surface area (Å²) in [6.07, 6.45) is 12.7. The number of hydrogen-bond acceptors (Lipinski definition) is 3. The Morgan fingerprint density at radius 3 is 1.11 bits per heavy atom. The van der Waals surface area contributed by atoms with Crippen molar-refractivity contribution in [2.45, 2.75) is 91.9 Å². The van der Waals surface area contributed by atoms with Crippen molar-refractivity contribution >= 4 is 33.5 Å². The van der Waals surface area contributed by atoms with Crippen LogP contribution in [0.15, 0.2) is 121 Å². The van der Waals surface area contributed by atoms with Gasteiger partial charge in [0.25, 0.3) is 0 Å². The monoisotopic (exact) mass is 714 g/mol. The number of unbranched alkanes of at least 4 members (excludes halogenated alkanes) is 2. The molecule has 0 N–H and O–H groups in total. The molecule has 53 heavy (non-hydrogen) atoms. The molecule has 0 saturated heterocycles. The highest BCUT2D eigenvalue weighted by molar-refractivity contribution is 7.00. The Kier molecular flexibility index (Phi) is 12.1. The van der Waals surface area contributed by atoms with Crippen molar-refractivity contribution < 1.29 is 0 Å². The van der Waals surface area contributed by atoms with Crippen LogP contribution in [0.2, 0.25) is 0 Å². The maximum atomic E-state index is 4.92. The third-order valence-corrected chi connectivity index (χ3v) is 12.0. The van der Waals surface area contributed by atoms with E-state index in [-0.39, 0.29) is 0 Å². The molecule has 0 saturated carbocycles. The van der Waals surface area contributed by atoms with Gasteiger partial charge < -0.3 is 0 Å². The summed E-state index contributed by atoms with van der Waals surface area (Å²) < 4.78 is 9.83. The Morgan fingerprint density at radius 2 is 0.774 bits per heavy atom. The molecular weight excluding hydrogens is 661 g/mol. The molecule has 2 unspecified atom stereocenters. The van der Waals surface area contributed by atoms with E-state index in [1.54, 1.807) is 0 Å². The standard InChI is InChI=1S/C50H54N2S/c1-5-9-13-35(7-3)33-37-17-21-39(22-18-37)41-25-29-43(30-26-41)47-45-15-11-12-16-46(45)48(50-49(47)51-53-52-50)44-31-27-42(28-32-44)40-23-19-38(20-24-40)34-36(8-4)14-10-6-2/h11-12,15-32,35-36H,5-10,13-14,33-34H2,1-4H3. The molecule has 0 aliphatic heterocycles. The summed E-state index contributed by atoms with van der Waals surface area (Å²) >= 11 is 1.30. The molecule has 7 rings (SSSR count). The zero-order valence-electron chi connectivity index (χ0n) is 32.1. The van der Waals surface area contributed by atoms with Gasteiger partial charge in [-0.3, -0.25) is 0 Å². The molecule has 0 aliphatic carbocycles. The highest BCUT2D eigenvalue weighted by Gasteiger charge is 2.20. The minimum atomic E-state index is 0.777. The number of hydrogen-bond donors (Lipinski definition) is 0. The third-order valence-electron chi connectivity index (χ3n) is 11.5. The van der Waals surface area contributed by atoms with Crippen LogP contribution in [0.3, 0.4) is 0 Å². The van der Waals surface area contributed by atoms with Crippen LogP contribution in [-0.2, 0) is 12.8 Å². The molecular formula is C50H54N2S. The van der Waals surface area contributed by atoms with Gasteiger partial charge in [0.05, 0.1) is 11.7 Å². The maximum Gasteiger partial charge on any atom is 0.113 e. The second-order valence-corrected chi connectivity index (χ2v) is 15.6. The molecule has 0 radical (unpaired) electrons. The lowest BCUT2D eigenvalue weighted by atomic mass is 9.89. The molecule has 1 heterocycles. The van der Waals surface area contributed by atoms with Gasteiger partial charge in [-0.05, 0) is 80.0 Å². The largest absolute Gasteiger partial charge is 0.172 e. The topological polar surface area (TPSA) is 25.8 Å². The van der Waals surface area contributed by atoms with Crippen LogP contribution < -0.4 is 0 Å². The fraction of sp³-hybridized carbons (Fsp3) is 0.320. The summed E-state index contributed by atoms with van der Waals surface area (Å²) in [6.45, 7) is 9.24. The van der Waals surface area contributed by atoms with Gasteiger partial charge in [0.2, 0.25) is 0 Å². The molecule has 2 nitrogen and oxygen atoms in total.